The van der Waals surface area contributed by atoms with Gasteiger partial charge < -0.3 is 24.3 Å². The summed E-state index contributed by atoms with van der Waals surface area (Å²) >= 11 is 0. The summed E-state index contributed by atoms with van der Waals surface area (Å²) in [7, 11) is 2.65. The molecule has 0 bridgehead atoms. The van der Waals surface area contributed by atoms with Crippen molar-refractivity contribution in [2.75, 3.05) is 26.6 Å². The van der Waals surface area contributed by atoms with Crippen molar-refractivity contribution in [2.24, 2.45) is 5.73 Å². The van der Waals surface area contributed by atoms with Crippen LogP contribution in [0.1, 0.15) is 19.4 Å². The zero-order valence-electron chi connectivity index (χ0n) is 13.4. The maximum Gasteiger partial charge on any atom is 0.499 e. The highest BCUT2D eigenvalue weighted by atomic mass is 28.4. The van der Waals surface area contributed by atoms with E-state index in [4.69, 9.17) is 19.0 Å². The molecule has 3 N–H and O–H groups in total. The minimum absolute atomic E-state index is 0.0103. The van der Waals surface area contributed by atoms with E-state index in [1.165, 1.54) is 5.56 Å². The van der Waals surface area contributed by atoms with Gasteiger partial charge in [0.05, 0.1) is 6.17 Å². The van der Waals surface area contributed by atoms with Crippen LogP contribution in [0.4, 0.5) is 5.69 Å². The molecule has 0 aliphatic rings. The molecule has 1 rings (SSSR count). The molecule has 0 spiro atoms. The van der Waals surface area contributed by atoms with Gasteiger partial charge >= 0.3 is 8.80 Å². The van der Waals surface area contributed by atoms with Crippen molar-refractivity contribution in [3.63, 3.8) is 0 Å². The second-order valence-electron chi connectivity index (χ2n) is 4.40. The molecule has 1 unspecified atom stereocenters. The number of aryl methyl sites for hydroxylation is 1. The van der Waals surface area contributed by atoms with Crippen LogP contribution in [-0.4, -0.2) is 36.3 Å². The quantitative estimate of drug-likeness (QED) is 0.624. The van der Waals surface area contributed by atoms with Crippen LogP contribution in [-0.2, 0) is 13.3 Å². The molecule has 1 aromatic carbocycles. The van der Waals surface area contributed by atoms with Gasteiger partial charge in [-0.1, -0.05) is 25.1 Å². The number of para-hydroxylation sites is 1. The Hall–Kier alpha value is -0.923. The van der Waals surface area contributed by atoms with Crippen LogP contribution in [0.15, 0.2) is 24.3 Å². The molecule has 0 heterocycles. The largest absolute Gasteiger partial charge is 0.499 e. The van der Waals surface area contributed by atoms with E-state index in [2.05, 4.69) is 18.3 Å². The maximum absolute atomic E-state index is 5.58. The second kappa shape index (κ2) is 9.90. The first kappa shape index (κ1) is 19.1. The molecule has 0 aliphatic carbocycles. The molecule has 0 saturated heterocycles. The third-order valence-corrected chi connectivity index (χ3v) is 5.63. The van der Waals surface area contributed by atoms with Crippen molar-refractivity contribution in [1.29, 1.82) is 0 Å². The lowest BCUT2D eigenvalue weighted by Crippen LogP contribution is -2.41. The first-order valence-electron chi connectivity index (χ1n) is 6.67. The van der Waals surface area contributed by atoms with Gasteiger partial charge in [-0.15, -0.1) is 0 Å². The number of nitrogens with two attached hydrogens (primary N) is 1. The van der Waals surface area contributed by atoms with Crippen LogP contribution in [0.5, 0.6) is 0 Å². The highest BCUT2D eigenvalue weighted by molar-refractivity contribution is 6.60. The second-order valence-corrected chi connectivity index (χ2v) is 7.69. The summed E-state index contributed by atoms with van der Waals surface area (Å²) in [5, 5.41) is 3.15. The van der Waals surface area contributed by atoms with E-state index in [-0.39, 0.29) is 6.17 Å². The molecule has 0 aliphatic heterocycles. The topological polar surface area (TPSA) is 65.7 Å². The summed E-state index contributed by atoms with van der Waals surface area (Å²) in [6, 6.07) is 8.92. The maximum atomic E-state index is 5.58. The van der Waals surface area contributed by atoms with Gasteiger partial charge in [0.15, 0.2) is 0 Å². The monoisotopic (exact) mass is 300 g/mol. The van der Waals surface area contributed by atoms with E-state index in [9.17, 15) is 0 Å². The third-order valence-electron chi connectivity index (χ3n) is 2.89. The van der Waals surface area contributed by atoms with Gasteiger partial charge in [-0.05, 0) is 25.5 Å². The van der Waals surface area contributed by atoms with Crippen molar-refractivity contribution < 1.29 is 13.3 Å². The minimum Gasteiger partial charge on any atom is -0.377 e. The molecular formula is C14H28N2O3Si. The molecule has 116 valence electrons. The van der Waals surface area contributed by atoms with E-state index >= 15 is 0 Å². The molecular weight excluding hydrogens is 272 g/mol. The summed E-state index contributed by atoms with van der Waals surface area (Å²) in [6.07, 6.45) is 0.0103. The van der Waals surface area contributed by atoms with Crippen molar-refractivity contribution in [1.82, 2.24) is 0 Å². The van der Waals surface area contributed by atoms with Gasteiger partial charge in [-0.25, -0.2) is 0 Å². The predicted octanol–water partition coefficient (Wildman–Crippen LogP) is 2.60. The first-order valence-corrected chi connectivity index (χ1v) is 8.61. The van der Waals surface area contributed by atoms with Crippen LogP contribution in [0, 0.1) is 6.92 Å². The number of rotatable bonds is 6. The Morgan fingerprint density at radius 3 is 1.95 bits per heavy atom. The van der Waals surface area contributed by atoms with Crippen molar-refractivity contribution >= 4 is 14.5 Å². The predicted molar refractivity (Wildman–Crippen MR) is 85.7 cm³/mol. The number of hydrogen-bond donors (Lipinski definition) is 2. The SMILES string of the molecule is CC[Si](OC)(OC)OC.Cc1ccccc1NC(C)N. The van der Waals surface area contributed by atoms with E-state index in [1.807, 2.05) is 32.0 Å². The summed E-state index contributed by atoms with van der Waals surface area (Å²) in [6.45, 7) is 5.97. The van der Waals surface area contributed by atoms with Gasteiger partial charge in [0.25, 0.3) is 0 Å². The van der Waals surface area contributed by atoms with Gasteiger partial charge in [0, 0.05) is 33.1 Å². The Balaban J connectivity index is 0.000000370. The summed E-state index contributed by atoms with van der Waals surface area (Å²) in [4.78, 5) is 0. The van der Waals surface area contributed by atoms with Crippen molar-refractivity contribution in [2.45, 2.75) is 33.0 Å². The number of anilines is 1. The van der Waals surface area contributed by atoms with Gasteiger partial charge in [-0.3, -0.25) is 0 Å². The molecule has 0 amide bonds. The Kier molecular flexibility index (Phi) is 9.44. The molecule has 0 fully saturated rings. The Bertz CT molecular complexity index is 354. The number of nitrogens with one attached hydrogen (secondary N) is 1. The van der Waals surface area contributed by atoms with Crippen LogP contribution in [0.25, 0.3) is 0 Å². The van der Waals surface area contributed by atoms with E-state index in [0.29, 0.717) is 0 Å². The lowest BCUT2D eigenvalue weighted by molar-refractivity contribution is 0.125. The fraction of sp³-hybridized carbons (Fsp3) is 0.571. The van der Waals surface area contributed by atoms with Gasteiger partial charge in [-0.2, -0.15) is 0 Å². The highest BCUT2D eigenvalue weighted by Crippen LogP contribution is 2.12. The van der Waals surface area contributed by atoms with Crippen molar-refractivity contribution in [3.8, 4) is 0 Å². The normalized spacial score (nSPS) is 12.3. The van der Waals surface area contributed by atoms with E-state index in [1.54, 1.807) is 21.3 Å². The van der Waals surface area contributed by atoms with Crippen LogP contribution in [0.2, 0.25) is 6.04 Å². The number of hydrogen-bond acceptors (Lipinski definition) is 5. The smallest absolute Gasteiger partial charge is 0.377 e. The van der Waals surface area contributed by atoms with Gasteiger partial charge in [0.1, 0.15) is 0 Å². The average Bonchev–Trinajstić information content (AvgIpc) is 2.45. The highest BCUT2D eigenvalue weighted by Gasteiger charge is 2.34. The Morgan fingerprint density at radius 1 is 1.15 bits per heavy atom. The molecule has 20 heavy (non-hydrogen) atoms. The van der Waals surface area contributed by atoms with E-state index in [0.717, 1.165) is 11.7 Å². The third kappa shape index (κ3) is 6.49. The summed E-state index contributed by atoms with van der Waals surface area (Å²) in [5.74, 6) is 0. The lowest BCUT2D eigenvalue weighted by Gasteiger charge is -2.22. The Labute approximate surface area is 123 Å². The molecule has 5 nitrogen and oxygen atoms in total. The molecule has 1 atom stereocenters. The molecule has 1 aromatic rings. The molecule has 6 heteroatoms. The fourth-order valence-corrected chi connectivity index (χ4v) is 3.03. The summed E-state index contributed by atoms with van der Waals surface area (Å²) in [5.41, 5.74) is 7.92. The summed E-state index contributed by atoms with van der Waals surface area (Å²) < 4.78 is 15.2. The van der Waals surface area contributed by atoms with E-state index < -0.39 is 8.80 Å². The molecule has 0 saturated carbocycles. The lowest BCUT2D eigenvalue weighted by atomic mass is 10.2. The average molecular weight is 300 g/mol. The van der Waals surface area contributed by atoms with Gasteiger partial charge in [0.2, 0.25) is 0 Å². The molecule has 0 radical (unpaired) electrons. The molecule has 0 aromatic heterocycles. The number of benzene rings is 1. The van der Waals surface area contributed by atoms with Crippen LogP contribution >= 0.6 is 0 Å². The zero-order chi connectivity index (χ0) is 15.6. The Morgan fingerprint density at radius 2 is 1.65 bits per heavy atom. The zero-order valence-corrected chi connectivity index (χ0v) is 14.4. The minimum atomic E-state index is -2.19. The fourth-order valence-electron chi connectivity index (χ4n) is 1.66. The van der Waals surface area contributed by atoms with Crippen molar-refractivity contribution in [3.05, 3.63) is 29.8 Å². The van der Waals surface area contributed by atoms with Crippen LogP contribution < -0.4 is 11.1 Å². The standard InChI is InChI=1S/C9H14N2.C5H14O3Si/c1-7-5-3-4-6-9(7)11-8(2)10;1-5-9(6-2,7-3)8-4/h3-6,8,11H,10H2,1-2H3;5H2,1-4H3. The first-order chi connectivity index (χ1) is 9.44. The van der Waals surface area contributed by atoms with Crippen LogP contribution in [0.3, 0.4) is 0 Å².